The quantitative estimate of drug-likeness (QED) is 0.592. The van der Waals surface area contributed by atoms with Crippen molar-refractivity contribution in [3.05, 3.63) is 6.33 Å². The Balaban J connectivity index is 0.000000490. The maximum absolute atomic E-state index is 3.83. The van der Waals surface area contributed by atoms with Crippen LogP contribution in [0.1, 0.15) is 1.43 Å². The molecule has 0 bridgehead atoms. The minimum Gasteiger partial charge on any atom is -0.363 e. The molecule has 1 aromatic heterocycles. The van der Waals surface area contributed by atoms with Crippen LogP contribution in [0.2, 0.25) is 0 Å². The van der Waals surface area contributed by atoms with Gasteiger partial charge >= 0.3 is 0 Å². The summed E-state index contributed by atoms with van der Waals surface area (Å²) in [6.07, 6.45) is 1.52. The molecule has 0 aliphatic carbocycles. The summed E-state index contributed by atoms with van der Waals surface area (Å²) in [4.78, 5) is 3.83. The molecule has 1 rings (SSSR count). The third kappa shape index (κ3) is 0.866. The van der Waals surface area contributed by atoms with Gasteiger partial charge in [0.1, 0.15) is 6.33 Å². The second-order valence-corrected chi connectivity index (χ2v) is 1.78. The normalized spacial score (nSPS) is 8.71. The molecule has 0 fully saturated rings. The van der Waals surface area contributed by atoms with E-state index in [1.807, 2.05) is 7.05 Å². The van der Waals surface area contributed by atoms with Crippen LogP contribution < -0.4 is 5.32 Å². The number of hydrogen-bond donors (Lipinski definition) is 1. The Bertz CT molecular complexity index is 129. The van der Waals surface area contributed by atoms with E-state index in [4.69, 9.17) is 0 Å². The second kappa shape index (κ2) is 1.88. The molecule has 1 aromatic rings. The summed E-state index contributed by atoms with van der Waals surface area (Å²) < 4.78 is 3.76. The van der Waals surface area contributed by atoms with Gasteiger partial charge in [0, 0.05) is 20.0 Å². The van der Waals surface area contributed by atoms with Gasteiger partial charge in [0.2, 0.25) is 5.13 Å². The smallest absolute Gasteiger partial charge is 0.202 e. The third-order valence-electron chi connectivity index (χ3n) is 0.575. The van der Waals surface area contributed by atoms with Crippen molar-refractivity contribution < 1.29 is 1.43 Å². The van der Waals surface area contributed by atoms with E-state index in [9.17, 15) is 0 Å². The summed E-state index contributed by atoms with van der Waals surface area (Å²) in [6.45, 7) is 0. The van der Waals surface area contributed by atoms with E-state index in [-0.39, 0.29) is 1.43 Å². The van der Waals surface area contributed by atoms with Crippen molar-refractivity contribution in [1.29, 1.82) is 0 Å². The lowest BCUT2D eigenvalue weighted by Gasteiger charge is -1.82. The van der Waals surface area contributed by atoms with Crippen molar-refractivity contribution >= 4 is 16.7 Å². The fourth-order valence-electron chi connectivity index (χ4n) is 0.283. The van der Waals surface area contributed by atoms with Crippen LogP contribution in [-0.4, -0.2) is 16.4 Å². The molecule has 7 heavy (non-hydrogen) atoms. The summed E-state index contributed by atoms with van der Waals surface area (Å²) in [6, 6.07) is 0. The van der Waals surface area contributed by atoms with E-state index in [0.29, 0.717) is 0 Å². The van der Waals surface area contributed by atoms with Gasteiger partial charge in [-0.1, -0.05) is 0 Å². The number of rotatable bonds is 1. The topological polar surface area (TPSA) is 37.8 Å². The minimum atomic E-state index is 0. The molecule has 1 heterocycles. The highest BCUT2D eigenvalue weighted by Crippen LogP contribution is 2.02. The summed E-state index contributed by atoms with van der Waals surface area (Å²) in [5, 5.41) is 3.71. The van der Waals surface area contributed by atoms with Gasteiger partial charge in [-0.05, 0) is 0 Å². The molecule has 0 aromatic carbocycles. The van der Waals surface area contributed by atoms with Crippen molar-refractivity contribution in [2.75, 3.05) is 12.4 Å². The Labute approximate surface area is 47.1 Å². The van der Waals surface area contributed by atoms with E-state index < -0.39 is 0 Å². The second-order valence-electron chi connectivity index (χ2n) is 0.996. The Morgan fingerprint density at radius 3 is 3.14 bits per heavy atom. The Kier molecular flexibility index (Phi) is 1.21. The first kappa shape index (κ1) is 4.52. The van der Waals surface area contributed by atoms with Gasteiger partial charge in [0.05, 0.1) is 0 Å². The molecule has 0 saturated heterocycles. The number of nitrogens with one attached hydrogen (secondary N) is 1. The summed E-state index contributed by atoms with van der Waals surface area (Å²) >= 11 is 1.35. The van der Waals surface area contributed by atoms with E-state index in [1.165, 1.54) is 17.9 Å². The fraction of sp³-hybridized carbons (Fsp3) is 0.333. The molecular formula is C3H7N3S. The zero-order valence-corrected chi connectivity index (χ0v) is 4.70. The maximum atomic E-state index is 3.83. The molecule has 0 aliphatic rings. The lowest BCUT2D eigenvalue weighted by atomic mass is 11.1. The van der Waals surface area contributed by atoms with Gasteiger partial charge < -0.3 is 5.32 Å². The van der Waals surface area contributed by atoms with Gasteiger partial charge in [0.15, 0.2) is 0 Å². The first-order chi connectivity index (χ1) is 3.43. The van der Waals surface area contributed by atoms with Crippen LogP contribution in [-0.2, 0) is 0 Å². The van der Waals surface area contributed by atoms with Crippen LogP contribution in [0, 0.1) is 0 Å². The number of nitrogens with zero attached hydrogens (tertiary/aromatic N) is 2. The predicted molar refractivity (Wildman–Crippen MR) is 31.6 cm³/mol. The molecule has 1 N–H and O–H groups in total. The van der Waals surface area contributed by atoms with Gasteiger partial charge in [-0.3, -0.25) is 0 Å². The zero-order valence-electron chi connectivity index (χ0n) is 3.88. The highest BCUT2D eigenvalue weighted by atomic mass is 32.1. The van der Waals surface area contributed by atoms with Crippen LogP contribution in [0.15, 0.2) is 6.33 Å². The number of hydrogen-bond acceptors (Lipinski definition) is 4. The van der Waals surface area contributed by atoms with E-state index >= 15 is 0 Å². The Hall–Kier alpha value is -0.640. The molecule has 40 valence electrons. The van der Waals surface area contributed by atoms with E-state index in [2.05, 4.69) is 14.7 Å². The lowest BCUT2D eigenvalue weighted by molar-refractivity contribution is 1.31. The lowest BCUT2D eigenvalue weighted by Crippen LogP contribution is -1.83. The van der Waals surface area contributed by atoms with Crippen LogP contribution in [0.4, 0.5) is 5.13 Å². The largest absolute Gasteiger partial charge is 0.363 e. The first-order valence-corrected chi connectivity index (χ1v) is 2.65. The molecule has 0 radical (unpaired) electrons. The predicted octanol–water partition coefficient (Wildman–Crippen LogP) is 0.826. The van der Waals surface area contributed by atoms with Gasteiger partial charge in [-0.25, -0.2) is 4.98 Å². The highest BCUT2D eigenvalue weighted by molar-refractivity contribution is 7.09. The van der Waals surface area contributed by atoms with Gasteiger partial charge in [0.25, 0.3) is 0 Å². The van der Waals surface area contributed by atoms with Crippen molar-refractivity contribution in [1.82, 2.24) is 9.36 Å². The van der Waals surface area contributed by atoms with Crippen molar-refractivity contribution in [3.63, 3.8) is 0 Å². The molecule has 0 aliphatic heterocycles. The highest BCUT2D eigenvalue weighted by Gasteiger charge is 1.84. The average Bonchev–Trinajstić information content (AvgIpc) is 2.14. The molecular weight excluding hydrogens is 110 g/mol. The van der Waals surface area contributed by atoms with Gasteiger partial charge in [-0.2, -0.15) is 4.37 Å². The van der Waals surface area contributed by atoms with Crippen molar-refractivity contribution in [2.45, 2.75) is 0 Å². The van der Waals surface area contributed by atoms with Crippen LogP contribution >= 0.6 is 11.5 Å². The zero-order chi connectivity index (χ0) is 5.11. The molecule has 0 saturated carbocycles. The van der Waals surface area contributed by atoms with Crippen molar-refractivity contribution in [2.24, 2.45) is 0 Å². The molecule has 0 unspecified atom stereocenters. The monoisotopic (exact) mass is 117 g/mol. The molecule has 0 spiro atoms. The van der Waals surface area contributed by atoms with E-state index in [1.54, 1.807) is 0 Å². The Morgan fingerprint density at radius 2 is 2.86 bits per heavy atom. The third-order valence-corrected chi connectivity index (χ3v) is 1.26. The Morgan fingerprint density at radius 1 is 2.00 bits per heavy atom. The number of aromatic nitrogens is 2. The molecule has 0 atom stereocenters. The van der Waals surface area contributed by atoms with Crippen LogP contribution in [0.3, 0.4) is 0 Å². The maximum Gasteiger partial charge on any atom is 0.202 e. The minimum absolute atomic E-state index is 0. The molecule has 4 heteroatoms. The first-order valence-electron chi connectivity index (χ1n) is 1.88. The van der Waals surface area contributed by atoms with Crippen LogP contribution in [0.5, 0.6) is 0 Å². The van der Waals surface area contributed by atoms with Crippen molar-refractivity contribution in [3.8, 4) is 0 Å². The standard InChI is InChI=1S/C3H5N3S.H2/c1-4-3-5-2-6-7-3;/h2H,1H3,(H,4,5,6);1H. The fourth-order valence-corrected chi connectivity index (χ4v) is 0.663. The van der Waals surface area contributed by atoms with E-state index in [0.717, 1.165) is 5.13 Å². The SMILES string of the molecule is CNc1ncns1.[HH]. The van der Waals surface area contributed by atoms with Crippen LogP contribution in [0.25, 0.3) is 0 Å². The molecule has 3 nitrogen and oxygen atoms in total. The molecule has 0 amide bonds. The summed E-state index contributed by atoms with van der Waals surface area (Å²) in [5.41, 5.74) is 0. The average molecular weight is 117 g/mol. The summed E-state index contributed by atoms with van der Waals surface area (Å²) in [7, 11) is 1.82. The number of anilines is 1. The van der Waals surface area contributed by atoms with Gasteiger partial charge in [-0.15, -0.1) is 0 Å². The summed E-state index contributed by atoms with van der Waals surface area (Å²) in [5.74, 6) is 0.